The van der Waals surface area contributed by atoms with Crippen LogP contribution >= 0.6 is 22.6 Å². The van der Waals surface area contributed by atoms with Gasteiger partial charge in [-0.05, 0) is 65.3 Å². The topological polar surface area (TPSA) is 17.1 Å². The Hall–Kier alpha value is -1.16. The van der Waals surface area contributed by atoms with Crippen LogP contribution in [0.2, 0.25) is 0 Å². The van der Waals surface area contributed by atoms with Gasteiger partial charge in [0, 0.05) is 15.6 Å². The first kappa shape index (κ1) is 13.3. The van der Waals surface area contributed by atoms with E-state index < -0.39 is 0 Å². The van der Waals surface area contributed by atoms with Crippen molar-refractivity contribution in [3.63, 3.8) is 0 Å². The lowest BCUT2D eigenvalue weighted by atomic mass is 10.00. The second-order valence-corrected chi connectivity index (χ2v) is 5.77. The lowest BCUT2D eigenvalue weighted by molar-refractivity contribution is 0.0993. The number of benzene rings is 2. The summed E-state index contributed by atoms with van der Waals surface area (Å²) in [6, 6.07) is 13.9. The molecule has 1 nitrogen and oxygen atoms in total. The molecule has 0 aliphatic rings. The lowest BCUT2D eigenvalue weighted by Gasteiger charge is -2.05. The molecule has 0 N–H and O–H groups in total. The minimum atomic E-state index is 0.178. The Morgan fingerprint density at radius 3 is 2.50 bits per heavy atom. The Kier molecular flexibility index (Phi) is 4.17. The Bertz CT molecular complexity index is 587. The minimum Gasteiger partial charge on any atom is -0.294 e. The van der Waals surface area contributed by atoms with Gasteiger partial charge in [0.15, 0.2) is 5.78 Å². The zero-order valence-electron chi connectivity index (χ0n) is 10.5. The summed E-state index contributed by atoms with van der Waals surface area (Å²) in [5.74, 6) is 0.178. The highest BCUT2D eigenvalue weighted by Crippen LogP contribution is 2.14. The maximum Gasteiger partial charge on any atom is 0.167 e. The number of hydrogen-bond donors (Lipinski definition) is 0. The summed E-state index contributed by atoms with van der Waals surface area (Å²) in [6.45, 7) is 4.16. The maximum absolute atomic E-state index is 12.2. The molecule has 0 atom stereocenters. The summed E-state index contributed by atoms with van der Waals surface area (Å²) in [7, 11) is 0. The van der Waals surface area contributed by atoms with E-state index in [1.807, 2.05) is 30.3 Å². The summed E-state index contributed by atoms with van der Waals surface area (Å²) in [5, 5.41) is 0. The molecule has 0 spiro atoms. The fourth-order valence-corrected chi connectivity index (χ4v) is 2.41. The van der Waals surface area contributed by atoms with Crippen LogP contribution in [0.5, 0.6) is 0 Å². The van der Waals surface area contributed by atoms with E-state index >= 15 is 0 Å². The van der Waals surface area contributed by atoms with E-state index in [1.54, 1.807) is 0 Å². The predicted octanol–water partition coefficient (Wildman–Crippen LogP) is 4.33. The van der Waals surface area contributed by atoms with Crippen molar-refractivity contribution in [2.45, 2.75) is 20.3 Å². The second kappa shape index (κ2) is 5.65. The van der Waals surface area contributed by atoms with Gasteiger partial charge in [-0.3, -0.25) is 4.79 Å². The van der Waals surface area contributed by atoms with Crippen LogP contribution in [0.4, 0.5) is 0 Å². The van der Waals surface area contributed by atoms with Gasteiger partial charge in [0.1, 0.15) is 0 Å². The van der Waals surface area contributed by atoms with Crippen molar-refractivity contribution in [1.82, 2.24) is 0 Å². The van der Waals surface area contributed by atoms with Gasteiger partial charge in [-0.1, -0.05) is 30.3 Å². The van der Waals surface area contributed by atoms with E-state index in [0.29, 0.717) is 6.42 Å². The molecule has 2 heteroatoms. The monoisotopic (exact) mass is 350 g/mol. The molecule has 0 aromatic heterocycles. The third-order valence-electron chi connectivity index (χ3n) is 3.08. The molecule has 2 aromatic carbocycles. The third kappa shape index (κ3) is 3.19. The molecule has 0 saturated heterocycles. The first-order valence-electron chi connectivity index (χ1n) is 5.91. The van der Waals surface area contributed by atoms with Crippen LogP contribution in [-0.4, -0.2) is 5.78 Å². The molecule has 0 aliphatic carbocycles. The van der Waals surface area contributed by atoms with E-state index in [2.05, 4.69) is 48.6 Å². The van der Waals surface area contributed by atoms with Crippen LogP contribution in [0.25, 0.3) is 0 Å². The van der Waals surface area contributed by atoms with Crippen LogP contribution in [0.1, 0.15) is 27.0 Å². The van der Waals surface area contributed by atoms with E-state index in [-0.39, 0.29) is 5.78 Å². The molecule has 0 fully saturated rings. The number of Topliss-reactive ketones (excluding diaryl/α,β-unsaturated/α-hetero) is 1. The van der Waals surface area contributed by atoms with Crippen LogP contribution in [0, 0.1) is 17.4 Å². The Balaban J connectivity index is 2.18. The maximum atomic E-state index is 12.2. The fraction of sp³-hybridized carbons (Fsp3) is 0.188. The number of carbonyl (C=O) groups is 1. The van der Waals surface area contributed by atoms with Crippen LogP contribution in [0.15, 0.2) is 42.5 Å². The van der Waals surface area contributed by atoms with E-state index in [4.69, 9.17) is 0 Å². The molecule has 0 aliphatic heterocycles. The minimum absolute atomic E-state index is 0.178. The number of halogens is 1. The predicted molar refractivity (Wildman–Crippen MR) is 83.1 cm³/mol. The Labute approximate surface area is 121 Å². The van der Waals surface area contributed by atoms with Gasteiger partial charge in [-0.15, -0.1) is 0 Å². The Morgan fingerprint density at radius 1 is 1.06 bits per heavy atom. The third-order valence-corrected chi connectivity index (χ3v) is 3.75. The number of aryl methyl sites for hydroxylation is 2. The molecule has 0 saturated carbocycles. The van der Waals surface area contributed by atoms with Gasteiger partial charge >= 0.3 is 0 Å². The van der Waals surface area contributed by atoms with E-state index in [1.165, 1.54) is 11.1 Å². The van der Waals surface area contributed by atoms with Gasteiger partial charge in [-0.25, -0.2) is 0 Å². The van der Waals surface area contributed by atoms with Crippen molar-refractivity contribution in [3.05, 3.63) is 68.3 Å². The molecule has 92 valence electrons. The van der Waals surface area contributed by atoms with Crippen molar-refractivity contribution < 1.29 is 4.79 Å². The second-order valence-electron chi connectivity index (χ2n) is 4.53. The summed E-state index contributed by atoms with van der Waals surface area (Å²) in [5.41, 5.74) is 4.38. The fourth-order valence-electron chi connectivity index (χ4n) is 1.86. The van der Waals surface area contributed by atoms with Gasteiger partial charge in [0.2, 0.25) is 0 Å². The number of hydrogen-bond acceptors (Lipinski definition) is 1. The van der Waals surface area contributed by atoms with Crippen molar-refractivity contribution in [2.75, 3.05) is 0 Å². The zero-order valence-corrected chi connectivity index (χ0v) is 12.7. The number of carbonyl (C=O) groups excluding carboxylic acids is 1. The summed E-state index contributed by atoms with van der Waals surface area (Å²) in [6.07, 6.45) is 0.473. The standard InChI is InChI=1S/C16H15IO/c1-11-6-7-13(8-12(11)2)9-16(18)14-4-3-5-15(17)10-14/h3-8,10H,9H2,1-2H3. The normalized spacial score (nSPS) is 10.4. The zero-order chi connectivity index (χ0) is 13.1. The quantitative estimate of drug-likeness (QED) is 0.595. The molecule has 0 amide bonds. The summed E-state index contributed by atoms with van der Waals surface area (Å²) < 4.78 is 1.10. The molecule has 0 unspecified atom stereocenters. The van der Waals surface area contributed by atoms with Gasteiger partial charge < -0.3 is 0 Å². The van der Waals surface area contributed by atoms with Crippen molar-refractivity contribution >= 4 is 28.4 Å². The largest absolute Gasteiger partial charge is 0.294 e. The SMILES string of the molecule is Cc1ccc(CC(=O)c2cccc(I)c2)cc1C. The molecule has 0 radical (unpaired) electrons. The van der Waals surface area contributed by atoms with Crippen LogP contribution < -0.4 is 0 Å². The van der Waals surface area contributed by atoms with Crippen molar-refractivity contribution in [3.8, 4) is 0 Å². The highest BCUT2D eigenvalue weighted by Gasteiger charge is 2.07. The lowest BCUT2D eigenvalue weighted by Crippen LogP contribution is -2.04. The van der Waals surface area contributed by atoms with E-state index in [9.17, 15) is 4.79 Å². The van der Waals surface area contributed by atoms with Gasteiger partial charge in [0.25, 0.3) is 0 Å². The summed E-state index contributed by atoms with van der Waals surface area (Å²) >= 11 is 2.23. The molecule has 2 aromatic rings. The first-order chi connectivity index (χ1) is 8.56. The average Bonchev–Trinajstić information content (AvgIpc) is 2.34. The molecule has 2 rings (SSSR count). The highest BCUT2D eigenvalue weighted by atomic mass is 127. The molecule has 0 heterocycles. The van der Waals surface area contributed by atoms with Crippen molar-refractivity contribution in [2.24, 2.45) is 0 Å². The van der Waals surface area contributed by atoms with Crippen molar-refractivity contribution in [1.29, 1.82) is 0 Å². The van der Waals surface area contributed by atoms with Crippen LogP contribution in [0.3, 0.4) is 0 Å². The Morgan fingerprint density at radius 2 is 1.83 bits per heavy atom. The molecule has 0 bridgehead atoms. The van der Waals surface area contributed by atoms with Crippen LogP contribution in [-0.2, 0) is 6.42 Å². The smallest absolute Gasteiger partial charge is 0.167 e. The molecule has 18 heavy (non-hydrogen) atoms. The number of rotatable bonds is 3. The van der Waals surface area contributed by atoms with Gasteiger partial charge in [-0.2, -0.15) is 0 Å². The van der Waals surface area contributed by atoms with E-state index in [0.717, 1.165) is 14.7 Å². The average molecular weight is 350 g/mol. The highest BCUT2D eigenvalue weighted by molar-refractivity contribution is 14.1. The van der Waals surface area contributed by atoms with Gasteiger partial charge in [0.05, 0.1) is 0 Å². The summed E-state index contributed by atoms with van der Waals surface area (Å²) in [4.78, 5) is 12.2. The number of ketones is 1. The molecular weight excluding hydrogens is 335 g/mol. The first-order valence-corrected chi connectivity index (χ1v) is 6.99. The molecular formula is C16H15IO.